The summed E-state index contributed by atoms with van der Waals surface area (Å²) in [4.78, 5) is 14.0. The number of carbonyl (C=O) groups excluding carboxylic acids is 1. The Labute approximate surface area is 155 Å². The lowest BCUT2D eigenvalue weighted by atomic mass is 10.2. The highest BCUT2D eigenvalue weighted by Crippen LogP contribution is 2.24. The van der Waals surface area contributed by atoms with Crippen molar-refractivity contribution in [2.24, 2.45) is 7.05 Å². The van der Waals surface area contributed by atoms with Crippen LogP contribution in [0.5, 0.6) is 0 Å². The van der Waals surface area contributed by atoms with Crippen molar-refractivity contribution in [3.05, 3.63) is 59.6 Å². The Morgan fingerprint density at radius 1 is 1.12 bits per heavy atom. The monoisotopic (exact) mass is 372 g/mol. The van der Waals surface area contributed by atoms with Crippen molar-refractivity contribution >= 4 is 35.0 Å². The van der Waals surface area contributed by atoms with Crippen LogP contribution < -0.4 is 4.90 Å². The van der Waals surface area contributed by atoms with Gasteiger partial charge in [0.15, 0.2) is 11.0 Å². The molecule has 0 spiro atoms. The van der Waals surface area contributed by atoms with Gasteiger partial charge in [-0.05, 0) is 36.4 Å². The molecule has 3 aromatic rings. The fourth-order valence-corrected chi connectivity index (χ4v) is 3.26. The van der Waals surface area contributed by atoms with E-state index >= 15 is 0 Å². The maximum Gasteiger partial charge on any atom is 0.237 e. The summed E-state index contributed by atoms with van der Waals surface area (Å²) >= 11 is 7.29. The molecule has 25 heavy (non-hydrogen) atoms. The van der Waals surface area contributed by atoms with E-state index in [0.29, 0.717) is 10.2 Å². The van der Waals surface area contributed by atoms with Crippen LogP contribution in [0, 0.1) is 0 Å². The number of hydrogen-bond acceptors (Lipinski definition) is 4. The third-order valence-corrected chi connectivity index (χ3v) is 5.04. The van der Waals surface area contributed by atoms with Crippen molar-refractivity contribution in [1.82, 2.24) is 14.8 Å². The maximum absolute atomic E-state index is 12.4. The van der Waals surface area contributed by atoms with Gasteiger partial charge in [-0.3, -0.25) is 4.79 Å². The second-order valence-electron chi connectivity index (χ2n) is 5.45. The molecule has 0 aliphatic carbocycles. The van der Waals surface area contributed by atoms with Crippen LogP contribution in [0.3, 0.4) is 0 Å². The molecule has 0 unspecified atom stereocenters. The van der Waals surface area contributed by atoms with E-state index in [1.807, 2.05) is 66.2 Å². The highest BCUT2D eigenvalue weighted by Gasteiger charge is 2.15. The molecule has 128 valence electrons. The van der Waals surface area contributed by atoms with E-state index in [2.05, 4.69) is 10.2 Å². The lowest BCUT2D eigenvalue weighted by molar-refractivity contribution is -0.115. The highest BCUT2D eigenvalue weighted by molar-refractivity contribution is 7.99. The molecule has 1 amide bonds. The molecule has 0 N–H and O–H groups in total. The van der Waals surface area contributed by atoms with Crippen LogP contribution in [0.1, 0.15) is 0 Å². The average Bonchev–Trinajstić information content (AvgIpc) is 3.01. The molecule has 0 atom stereocenters. The number of para-hydroxylation sites is 1. The van der Waals surface area contributed by atoms with Gasteiger partial charge in [0.2, 0.25) is 5.91 Å². The van der Waals surface area contributed by atoms with Crippen molar-refractivity contribution in [2.75, 3.05) is 17.7 Å². The van der Waals surface area contributed by atoms with E-state index in [4.69, 9.17) is 11.6 Å². The fourth-order valence-electron chi connectivity index (χ4n) is 2.31. The molecule has 0 bridgehead atoms. The molecular formula is C18H17ClN4OS. The van der Waals surface area contributed by atoms with Crippen LogP contribution in [-0.4, -0.2) is 33.5 Å². The molecule has 1 aromatic heterocycles. The Morgan fingerprint density at radius 2 is 1.80 bits per heavy atom. The van der Waals surface area contributed by atoms with Crippen molar-refractivity contribution in [1.29, 1.82) is 0 Å². The van der Waals surface area contributed by atoms with Crippen molar-refractivity contribution in [3.63, 3.8) is 0 Å². The summed E-state index contributed by atoms with van der Waals surface area (Å²) in [7, 11) is 3.66. The lowest BCUT2D eigenvalue weighted by Gasteiger charge is -2.16. The highest BCUT2D eigenvalue weighted by atomic mass is 35.5. The molecule has 0 saturated heterocycles. The molecule has 0 radical (unpaired) electrons. The van der Waals surface area contributed by atoms with Gasteiger partial charge in [-0.25, -0.2) is 0 Å². The van der Waals surface area contributed by atoms with E-state index in [1.54, 1.807) is 11.9 Å². The lowest BCUT2D eigenvalue weighted by Crippen LogP contribution is -2.27. The summed E-state index contributed by atoms with van der Waals surface area (Å²) in [5.74, 6) is 1.04. The Kier molecular flexibility index (Phi) is 5.40. The van der Waals surface area contributed by atoms with Gasteiger partial charge in [0, 0.05) is 30.4 Å². The van der Waals surface area contributed by atoms with E-state index in [0.717, 1.165) is 17.1 Å². The summed E-state index contributed by atoms with van der Waals surface area (Å²) in [6.45, 7) is 0. The number of carbonyl (C=O) groups is 1. The van der Waals surface area contributed by atoms with Gasteiger partial charge >= 0.3 is 0 Å². The first kappa shape index (κ1) is 17.5. The molecule has 0 fully saturated rings. The van der Waals surface area contributed by atoms with E-state index in [-0.39, 0.29) is 11.7 Å². The summed E-state index contributed by atoms with van der Waals surface area (Å²) in [5.41, 5.74) is 1.80. The third kappa shape index (κ3) is 4.03. The molecule has 0 saturated carbocycles. The SMILES string of the molecule is CN(C(=O)CSc1nnc(-c2ccc(Cl)cc2)n1C)c1ccccc1. The third-order valence-electron chi connectivity index (χ3n) is 3.78. The number of anilines is 1. The first-order valence-electron chi connectivity index (χ1n) is 7.66. The summed E-state index contributed by atoms with van der Waals surface area (Å²) in [6.07, 6.45) is 0. The second-order valence-corrected chi connectivity index (χ2v) is 6.83. The minimum absolute atomic E-state index is 0.00671. The van der Waals surface area contributed by atoms with Gasteiger partial charge in [-0.1, -0.05) is 41.6 Å². The first-order valence-corrected chi connectivity index (χ1v) is 9.02. The molecule has 1 heterocycles. The minimum Gasteiger partial charge on any atom is -0.315 e. The van der Waals surface area contributed by atoms with Gasteiger partial charge in [0.05, 0.1) is 5.75 Å². The summed E-state index contributed by atoms with van der Waals surface area (Å²) in [5, 5.41) is 9.78. The number of rotatable bonds is 5. The zero-order valence-corrected chi connectivity index (χ0v) is 15.5. The number of nitrogens with zero attached hydrogens (tertiary/aromatic N) is 4. The predicted molar refractivity (Wildman–Crippen MR) is 102 cm³/mol. The number of hydrogen-bond donors (Lipinski definition) is 0. The molecule has 7 heteroatoms. The van der Waals surface area contributed by atoms with Gasteiger partial charge in [0.1, 0.15) is 0 Å². The van der Waals surface area contributed by atoms with Crippen LogP contribution >= 0.6 is 23.4 Å². The maximum atomic E-state index is 12.4. The van der Waals surface area contributed by atoms with Crippen molar-refractivity contribution in [2.45, 2.75) is 5.16 Å². The topological polar surface area (TPSA) is 51.0 Å². The molecule has 0 aliphatic rings. The number of thioether (sulfide) groups is 1. The smallest absolute Gasteiger partial charge is 0.237 e. The Morgan fingerprint density at radius 3 is 2.48 bits per heavy atom. The largest absolute Gasteiger partial charge is 0.315 e. The molecule has 2 aromatic carbocycles. The van der Waals surface area contributed by atoms with E-state index in [1.165, 1.54) is 11.8 Å². The van der Waals surface area contributed by atoms with Crippen molar-refractivity contribution < 1.29 is 4.79 Å². The predicted octanol–water partition coefficient (Wildman–Crippen LogP) is 3.89. The second kappa shape index (κ2) is 7.72. The standard InChI is InChI=1S/C18H17ClN4OS/c1-22(15-6-4-3-5-7-15)16(24)12-25-18-21-20-17(23(18)2)13-8-10-14(19)11-9-13/h3-11H,12H2,1-2H3. The van der Waals surface area contributed by atoms with Crippen molar-refractivity contribution in [3.8, 4) is 11.4 Å². The molecule has 0 aliphatic heterocycles. The molecule has 3 rings (SSSR count). The van der Waals surface area contributed by atoms with Crippen LogP contribution in [-0.2, 0) is 11.8 Å². The molecule has 5 nitrogen and oxygen atoms in total. The normalized spacial score (nSPS) is 10.7. The quantitative estimate of drug-likeness (QED) is 0.637. The number of aromatic nitrogens is 3. The van der Waals surface area contributed by atoms with Crippen LogP contribution in [0.4, 0.5) is 5.69 Å². The zero-order valence-electron chi connectivity index (χ0n) is 13.9. The van der Waals surface area contributed by atoms with Crippen LogP contribution in [0.25, 0.3) is 11.4 Å². The molecular weight excluding hydrogens is 356 g/mol. The Hall–Kier alpha value is -2.31. The van der Waals surface area contributed by atoms with Crippen LogP contribution in [0.15, 0.2) is 59.8 Å². The fraction of sp³-hybridized carbons (Fsp3) is 0.167. The zero-order chi connectivity index (χ0) is 17.8. The van der Waals surface area contributed by atoms with Gasteiger partial charge < -0.3 is 9.47 Å². The number of benzene rings is 2. The number of amides is 1. The van der Waals surface area contributed by atoms with Gasteiger partial charge in [-0.15, -0.1) is 10.2 Å². The minimum atomic E-state index is 0.00671. The van der Waals surface area contributed by atoms with Gasteiger partial charge in [-0.2, -0.15) is 0 Å². The van der Waals surface area contributed by atoms with E-state index < -0.39 is 0 Å². The Bertz CT molecular complexity index is 865. The average molecular weight is 373 g/mol. The summed E-state index contributed by atoms with van der Waals surface area (Å²) < 4.78 is 1.88. The first-order chi connectivity index (χ1) is 12.1. The van der Waals surface area contributed by atoms with Gasteiger partial charge in [0.25, 0.3) is 0 Å². The summed E-state index contributed by atoms with van der Waals surface area (Å²) in [6, 6.07) is 17.0. The van der Waals surface area contributed by atoms with Crippen LogP contribution in [0.2, 0.25) is 5.02 Å². The Balaban J connectivity index is 1.68. The number of halogens is 1. The van der Waals surface area contributed by atoms with E-state index in [9.17, 15) is 4.79 Å².